The van der Waals surface area contributed by atoms with Gasteiger partial charge in [0, 0.05) is 19.3 Å². The Kier molecular flexibility index (Phi) is 47.4. The van der Waals surface area contributed by atoms with Crippen LogP contribution in [0, 0.1) is 5.92 Å². The van der Waals surface area contributed by atoms with Crippen LogP contribution in [0.25, 0.3) is 0 Å². The number of ether oxygens (including phenoxy) is 7. The second kappa shape index (κ2) is 51.8. The smallest absolute Gasteiger partial charge is 0.463 e. The van der Waals surface area contributed by atoms with Gasteiger partial charge in [0.15, 0.2) is 18.7 Å². The summed E-state index contributed by atoms with van der Waals surface area (Å²) in [6.07, 6.45) is 7.36. The van der Waals surface area contributed by atoms with E-state index in [1.165, 1.54) is 116 Å². The third-order valence-corrected chi connectivity index (χ3v) is 19.4. The summed E-state index contributed by atoms with van der Waals surface area (Å²) in [5.41, 5.74) is 0. The first-order valence-corrected chi connectivity index (χ1v) is 38.4. The average molecular weight is 1390 g/mol. The van der Waals surface area contributed by atoms with Crippen LogP contribution in [-0.4, -0.2) is 204 Å². The largest absolute Gasteiger partial charge is 0.472 e. The minimum atomic E-state index is -5.69. The number of unbranched alkanes of at least 4 members (excludes halogenated alkanes) is 29. The zero-order chi connectivity index (χ0) is 69.8. The number of phosphoric ester groups is 1. The van der Waals surface area contributed by atoms with Crippen LogP contribution < -0.4 is 0 Å². The molecule has 95 heavy (non-hydrogen) atoms. The highest BCUT2D eigenvalue weighted by Crippen LogP contribution is 2.49. The second-order valence-corrected chi connectivity index (χ2v) is 28.3. The Labute approximate surface area is 567 Å². The zero-order valence-corrected chi connectivity index (χ0v) is 59.0. The second-order valence-electron chi connectivity index (χ2n) is 26.9. The summed E-state index contributed by atoms with van der Waals surface area (Å²) in [4.78, 5) is 50.9. The van der Waals surface area contributed by atoms with Crippen LogP contribution in [0.1, 0.15) is 278 Å². The van der Waals surface area contributed by atoms with Crippen molar-refractivity contribution in [3.63, 3.8) is 0 Å². The Morgan fingerprint density at radius 1 is 0.432 bits per heavy atom. The molecule has 24 nitrogen and oxygen atoms in total. The van der Waals surface area contributed by atoms with Crippen molar-refractivity contribution in [3.8, 4) is 0 Å². The van der Waals surface area contributed by atoms with Crippen LogP contribution in [0.3, 0.4) is 0 Å². The summed E-state index contributed by atoms with van der Waals surface area (Å²) in [7, 11) is -5.69. The number of carbonyl (C=O) groups is 3. The summed E-state index contributed by atoms with van der Waals surface area (Å²) in [6.45, 7) is 5.72. The molecule has 1 saturated carbocycles. The molecule has 19 atom stereocenters. The maximum atomic E-state index is 14.3. The molecular formula is C70H129O24P. The third-order valence-electron chi connectivity index (χ3n) is 18.4. The molecule has 0 aromatic heterocycles. The van der Waals surface area contributed by atoms with Crippen molar-refractivity contribution in [1.82, 2.24) is 0 Å². The number of aliphatic hydroxyl groups is 10. The SMILES string of the molecule is CCCCCCCC/C=C\CCCCCC(=O)OCC1OC(OC2C(O)C(O)C(O)C(OC3OC(CO)C(O)C(O)C3O)C2OP(=O)(O)OCC(COC(=O)CCCCCCCCCCCCC)OC(=O)CCCCCCCCC(C)CCCCCCCC)C(O)C(O)C1O. The fourth-order valence-electron chi connectivity index (χ4n) is 12.3. The highest BCUT2D eigenvalue weighted by Gasteiger charge is 2.58. The molecule has 2 saturated heterocycles. The Morgan fingerprint density at radius 3 is 1.25 bits per heavy atom. The molecule has 0 radical (unpaired) electrons. The molecule has 2 aliphatic heterocycles. The number of carbonyl (C=O) groups excluding carboxylic acids is 3. The van der Waals surface area contributed by atoms with Crippen molar-refractivity contribution < 1.29 is 117 Å². The van der Waals surface area contributed by atoms with Gasteiger partial charge in [-0.2, -0.15) is 0 Å². The molecule has 0 bridgehead atoms. The van der Waals surface area contributed by atoms with Gasteiger partial charge in [-0.15, -0.1) is 0 Å². The fraction of sp³-hybridized carbons (Fsp3) is 0.929. The highest BCUT2D eigenvalue weighted by atomic mass is 31.2. The van der Waals surface area contributed by atoms with Gasteiger partial charge in [0.2, 0.25) is 0 Å². The molecule has 3 fully saturated rings. The number of rotatable bonds is 56. The lowest BCUT2D eigenvalue weighted by Crippen LogP contribution is -2.69. The molecule has 11 N–H and O–H groups in total. The van der Waals surface area contributed by atoms with Crippen LogP contribution in [0.5, 0.6) is 0 Å². The average Bonchev–Trinajstić information content (AvgIpc) is 0.765. The quantitative estimate of drug-likeness (QED) is 0.00887. The van der Waals surface area contributed by atoms with Crippen molar-refractivity contribution >= 4 is 25.7 Å². The predicted molar refractivity (Wildman–Crippen MR) is 356 cm³/mol. The van der Waals surface area contributed by atoms with Crippen LogP contribution in [0.4, 0.5) is 0 Å². The molecule has 558 valence electrons. The lowest BCUT2D eigenvalue weighted by atomic mass is 9.84. The Bertz CT molecular complexity index is 2040. The van der Waals surface area contributed by atoms with Gasteiger partial charge in [-0.3, -0.25) is 23.4 Å². The number of aliphatic hydroxyl groups excluding tert-OH is 10. The Hall–Kier alpha value is -2.30. The van der Waals surface area contributed by atoms with Crippen molar-refractivity contribution in [2.75, 3.05) is 26.4 Å². The first-order valence-electron chi connectivity index (χ1n) is 36.9. The summed E-state index contributed by atoms with van der Waals surface area (Å²) < 4.78 is 64.9. The third kappa shape index (κ3) is 35.7. The summed E-state index contributed by atoms with van der Waals surface area (Å²) in [6, 6.07) is 0. The van der Waals surface area contributed by atoms with E-state index in [9.17, 15) is 74.9 Å². The van der Waals surface area contributed by atoms with Gasteiger partial charge in [-0.05, 0) is 50.9 Å². The van der Waals surface area contributed by atoms with E-state index in [4.69, 9.17) is 42.2 Å². The first kappa shape index (κ1) is 86.9. The molecule has 3 rings (SSSR count). The van der Waals surface area contributed by atoms with Gasteiger partial charge in [0.05, 0.1) is 13.2 Å². The van der Waals surface area contributed by atoms with Crippen molar-refractivity contribution in [3.05, 3.63) is 12.2 Å². The standard InChI is InChI=1S/C70H129O24P/c1-5-8-11-14-17-19-21-22-24-26-28-34-39-44-55(73)87-49-53-58(76)60(78)65(83)70(91-53)93-67-63(81)61(79)62(80)66(92-69-64(82)59(77)57(75)52(46-71)90-69)68(67)94-95(84,85)88-48-51(47-86-54(72)43-38-33-27-25-23-20-18-15-12-9-6-2)89-56(74)45-40-35-30-29-32-37-42-50(4)41-36-31-16-13-10-7-3/h22,24,50-53,57-71,75-83H,5-21,23,25-49H2,1-4H3,(H,84,85)/b24-22-. The van der Waals surface area contributed by atoms with Crippen molar-refractivity contribution in [2.45, 2.75) is 382 Å². The minimum absolute atomic E-state index is 0.00887. The molecule has 3 aliphatic rings. The molecule has 19 unspecified atom stereocenters. The predicted octanol–water partition coefficient (Wildman–Crippen LogP) is 9.43. The fourth-order valence-corrected chi connectivity index (χ4v) is 13.3. The Balaban J connectivity index is 1.76. The minimum Gasteiger partial charge on any atom is -0.463 e. The van der Waals surface area contributed by atoms with Gasteiger partial charge >= 0.3 is 25.7 Å². The molecule has 0 aromatic rings. The lowest BCUT2D eigenvalue weighted by Gasteiger charge is -2.49. The molecule has 0 spiro atoms. The van der Waals surface area contributed by atoms with E-state index in [0.29, 0.717) is 25.2 Å². The van der Waals surface area contributed by atoms with Gasteiger partial charge in [-0.1, -0.05) is 226 Å². The molecule has 2 heterocycles. The number of hydrogen-bond acceptors (Lipinski definition) is 23. The maximum Gasteiger partial charge on any atom is 0.472 e. The van der Waals surface area contributed by atoms with Gasteiger partial charge in [0.25, 0.3) is 0 Å². The van der Waals surface area contributed by atoms with E-state index < -0.39 is 156 Å². The van der Waals surface area contributed by atoms with E-state index in [-0.39, 0.29) is 19.3 Å². The van der Waals surface area contributed by atoms with E-state index in [1.54, 1.807) is 0 Å². The van der Waals surface area contributed by atoms with E-state index in [1.807, 2.05) is 0 Å². The summed E-state index contributed by atoms with van der Waals surface area (Å²) in [5.74, 6) is -1.32. The number of hydrogen-bond donors (Lipinski definition) is 11. The van der Waals surface area contributed by atoms with Crippen LogP contribution in [0.15, 0.2) is 12.2 Å². The van der Waals surface area contributed by atoms with Crippen molar-refractivity contribution in [1.29, 1.82) is 0 Å². The highest BCUT2D eigenvalue weighted by molar-refractivity contribution is 7.47. The van der Waals surface area contributed by atoms with E-state index in [0.717, 1.165) is 96.3 Å². The normalized spacial score (nSPS) is 28.5. The van der Waals surface area contributed by atoms with Crippen LogP contribution >= 0.6 is 7.82 Å². The van der Waals surface area contributed by atoms with Gasteiger partial charge < -0.3 is 89.1 Å². The topological polar surface area (TPSA) is 374 Å². The molecule has 25 heteroatoms. The van der Waals surface area contributed by atoms with E-state index >= 15 is 0 Å². The van der Waals surface area contributed by atoms with Gasteiger partial charge in [0.1, 0.15) is 98.7 Å². The summed E-state index contributed by atoms with van der Waals surface area (Å²) >= 11 is 0. The lowest BCUT2D eigenvalue weighted by molar-refractivity contribution is -0.360. The molecule has 1 aliphatic carbocycles. The van der Waals surface area contributed by atoms with Crippen LogP contribution in [-0.2, 0) is 61.2 Å². The molecule has 0 aromatic carbocycles. The number of allylic oxidation sites excluding steroid dienone is 2. The van der Waals surface area contributed by atoms with Crippen molar-refractivity contribution in [2.24, 2.45) is 5.92 Å². The molecular weight excluding hydrogens is 1260 g/mol. The zero-order valence-electron chi connectivity index (χ0n) is 58.1. The number of esters is 3. The summed E-state index contributed by atoms with van der Waals surface area (Å²) in [5, 5.41) is 110. The Morgan fingerprint density at radius 2 is 0.800 bits per heavy atom. The maximum absolute atomic E-state index is 14.3. The van der Waals surface area contributed by atoms with Gasteiger partial charge in [-0.25, -0.2) is 4.57 Å². The monoisotopic (exact) mass is 1380 g/mol. The van der Waals surface area contributed by atoms with Crippen LogP contribution in [0.2, 0.25) is 0 Å². The molecule has 0 amide bonds. The number of phosphoric acid groups is 1. The van der Waals surface area contributed by atoms with E-state index in [2.05, 4.69) is 39.8 Å². The first-order chi connectivity index (χ1) is 45.7.